The highest BCUT2D eigenvalue weighted by Crippen LogP contribution is 2.12. The highest BCUT2D eigenvalue weighted by Gasteiger charge is 2.19. The second kappa shape index (κ2) is 3.04. The largest absolute Gasteiger partial charge is 0.340 e. The zero-order chi connectivity index (χ0) is 7.56. The number of amides is 1. The Bertz CT molecular complexity index is 131. The lowest BCUT2D eigenvalue weighted by molar-refractivity contribution is -0.135. The maximum absolute atomic E-state index is 11.2. The van der Waals surface area contributed by atoms with Gasteiger partial charge in [-0.2, -0.15) is 0 Å². The molecule has 1 heterocycles. The minimum atomic E-state index is 0.334. The van der Waals surface area contributed by atoms with Crippen molar-refractivity contribution in [2.75, 3.05) is 6.54 Å². The molecule has 0 spiro atoms. The third kappa shape index (κ3) is 1.49. The van der Waals surface area contributed by atoms with E-state index in [1.807, 2.05) is 4.90 Å². The van der Waals surface area contributed by atoms with E-state index in [0.717, 1.165) is 19.4 Å². The van der Waals surface area contributed by atoms with Crippen LogP contribution in [0.5, 0.6) is 0 Å². The Morgan fingerprint density at radius 2 is 2.10 bits per heavy atom. The molecule has 2 nitrogen and oxygen atoms in total. The van der Waals surface area contributed by atoms with Crippen molar-refractivity contribution in [3.8, 4) is 0 Å². The van der Waals surface area contributed by atoms with E-state index in [2.05, 4.69) is 13.8 Å². The number of carbonyl (C=O) groups excluding carboxylic acids is 1. The van der Waals surface area contributed by atoms with Crippen molar-refractivity contribution in [2.24, 2.45) is 0 Å². The predicted octanol–water partition coefficient (Wildman–Crippen LogP) is 1.41. The monoisotopic (exact) mass is 141 g/mol. The minimum Gasteiger partial charge on any atom is -0.340 e. The molecular formula is C8H15NO. The van der Waals surface area contributed by atoms with Crippen LogP contribution in [0.1, 0.15) is 33.1 Å². The van der Waals surface area contributed by atoms with Crippen LogP contribution in [0, 0.1) is 0 Å². The van der Waals surface area contributed by atoms with Crippen LogP contribution in [-0.4, -0.2) is 23.4 Å². The van der Waals surface area contributed by atoms with Gasteiger partial charge in [0.2, 0.25) is 5.91 Å². The van der Waals surface area contributed by atoms with Crippen LogP contribution in [0.3, 0.4) is 0 Å². The summed E-state index contributed by atoms with van der Waals surface area (Å²) in [6, 6.07) is 0.396. The van der Waals surface area contributed by atoms with Gasteiger partial charge in [-0.3, -0.25) is 4.79 Å². The number of rotatable bonds is 1. The molecule has 1 fully saturated rings. The normalized spacial score (nSPS) is 20.3. The number of likely N-dealkylation sites (tertiary alicyclic amines) is 1. The highest BCUT2D eigenvalue weighted by atomic mass is 16.2. The zero-order valence-electron chi connectivity index (χ0n) is 6.76. The first kappa shape index (κ1) is 7.58. The Hall–Kier alpha value is -0.530. The van der Waals surface area contributed by atoms with Crippen molar-refractivity contribution >= 4 is 5.91 Å². The van der Waals surface area contributed by atoms with Crippen molar-refractivity contribution in [2.45, 2.75) is 39.2 Å². The first-order valence-electron chi connectivity index (χ1n) is 4.01. The molecule has 1 amide bonds. The average molecular weight is 141 g/mol. The summed E-state index contributed by atoms with van der Waals surface area (Å²) in [5.41, 5.74) is 0. The van der Waals surface area contributed by atoms with Crippen molar-refractivity contribution in [3.63, 3.8) is 0 Å². The van der Waals surface area contributed by atoms with Gasteiger partial charge in [-0.25, -0.2) is 0 Å². The fourth-order valence-corrected chi connectivity index (χ4v) is 1.37. The summed E-state index contributed by atoms with van der Waals surface area (Å²) in [5.74, 6) is 0.334. The van der Waals surface area contributed by atoms with E-state index in [4.69, 9.17) is 0 Å². The summed E-state index contributed by atoms with van der Waals surface area (Å²) >= 11 is 0. The Morgan fingerprint density at radius 1 is 1.40 bits per heavy atom. The zero-order valence-corrected chi connectivity index (χ0v) is 6.76. The molecule has 0 bridgehead atoms. The molecule has 10 heavy (non-hydrogen) atoms. The average Bonchev–Trinajstić information content (AvgIpc) is 1.88. The van der Waals surface area contributed by atoms with E-state index in [0.29, 0.717) is 11.9 Å². The van der Waals surface area contributed by atoms with E-state index in [9.17, 15) is 4.79 Å². The summed E-state index contributed by atoms with van der Waals surface area (Å²) < 4.78 is 0. The molecule has 0 atom stereocenters. The van der Waals surface area contributed by atoms with Gasteiger partial charge in [0.15, 0.2) is 0 Å². The molecule has 1 aliphatic heterocycles. The van der Waals surface area contributed by atoms with Gasteiger partial charge in [0.05, 0.1) is 0 Å². The Labute approximate surface area is 62.2 Å². The van der Waals surface area contributed by atoms with Gasteiger partial charge < -0.3 is 4.90 Å². The van der Waals surface area contributed by atoms with Crippen molar-refractivity contribution in [3.05, 3.63) is 0 Å². The van der Waals surface area contributed by atoms with Crippen molar-refractivity contribution in [1.29, 1.82) is 0 Å². The quantitative estimate of drug-likeness (QED) is 0.540. The van der Waals surface area contributed by atoms with Gasteiger partial charge in [0, 0.05) is 19.0 Å². The van der Waals surface area contributed by atoms with E-state index >= 15 is 0 Å². The molecular weight excluding hydrogens is 126 g/mol. The second-order valence-corrected chi connectivity index (χ2v) is 3.14. The van der Waals surface area contributed by atoms with Crippen LogP contribution in [0.4, 0.5) is 0 Å². The summed E-state index contributed by atoms with van der Waals surface area (Å²) in [7, 11) is 0. The SMILES string of the molecule is CC(C)N1CCCCC1=O. The first-order chi connectivity index (χ1) is 4.72. The third-order valence-electron chi connectivity index (χ3n) is 1.98. The van der Waals surface area contributed by atoms with Gasteiger partial charge in [0.1, 0.15) is 0 Å². The van der Waals surface area contributed by atoms with Crippen LogP contribution in [0.25, 0.3) is 0 Å². The molecule has 1 aliphatic rings. The van der Waals surface area contributed by atoms with Crippen LogP contribution >= 0.6 is 0 Å². The topological polar surface area (TPSA) is 20.3 Å². The smallest absolute Gasteiger partial charge is 0.222 e. The maximum atomic E-state index is 11.2. The molecule has 1 rings (SSSR count). The molecule has 0 unspecified atom stereocenters. The summed E-state index contributed by atoms with van der Waals surface area (Å²) in [4.78, 5) is 13.1. The lowest BCUT2D eigenvalue weighted by atomic mass is 10.1. The Morgan fingerprint density at radius 3 is 2.50 bits per heavy atom. The molecule has 0 radical (unpaired) electrons. The molecule has 0 aliphatic carbocycles. The van der Waals surface area contributed by atoms with Crippen LogP contribution in [0.15, 0.2) is 0 Å². The van der Waals surface area contributed by atoms with Gasteiger partial charge in [-0.1, -0.05) is 0 Å². The lowest BCUT2D eigenvalue weighted by Crippen LogP contribution is -2.40. The van der Waals surface area contributed by atoms with E-state index < -0.39 is 0 Å². The molecule has 2 heteroatoms. The molecule has 0 aromatic carbocycles. The molecule has 1 saturated heterocycles. The highest BCUT2D eigenvalue weighted by molar-refractivity contribution is 5.77. The van der Waals surface area contributed by atoms with Crippen molar-refractivity contribution < 1.29 is 4.79 Å². The van der Waals surface area contributed by atoms with Gasteiger partial charge in [0.25, 0.3) is 0 Å². The second-order valence-electron chi connectivity index (χ2n) is 3.14. The fourth-order valence-electron chi connectivity index (χ4n) is 1.37. The molecule has 0 saturated carbocycles. The van der Waals surface area contributed by atoms with E-state index in [1.54, 1.807) is 0 Å². The maximum Gasteiger partial charge on any atom is 0.222 e. The predicted molar refractivity (Wildman–Crippen MR) is 40.7 cm³/mol. The number of piperidine rings is 1. The lowest BCUT2D eigenvalue weighted by Gasteiger charge is -2.30. The van der Waals surface area contributed by atoms with E-state index in [1.165, 1.54) is 6.42 Å². The van der Waals surface area contributed by atoms with Crippen LogP contribution in [-0.2, 0) is 4.79 Å². The van der Waals surface area contributed by atoms with Gasteiger partial charge in [-0.15, -0.1) is 0 Å². The molecule has 0 aromatic rings. The Kier molecular flexibility index (Phi) is 2.30. The molecule has 0 aromatic heterocycles. The summed E-state index contributed by atoms with van der Waals surface area (Å²) in [6.45, 7) is 5.11. The van der Waals surface area contributed by atoms with Crippen molar-refractivity contribution in [1.82, 2.24) is 4.90 Å². The van der Waals surface area contributed by atoms with E-state index in [-0.39, 0.29) is 0 Å². The summed E-state index contributed by atoms with van der Waals surface area (Å²) in [6.07, 6.45) is 3.03. The third-order valence-corrected chi connectivity index (χ3v) is 1.98. The number of hydrogen-bond acceptors (Lipinski definition) is 1. The number of nitrogens with zero attached hydrogens (tertiary/aromatic N) is 1. The molecule has 58 valence electrons. The van der Waals surface area contributed by atoms with Crippen LogP contribution in [0.2, 0.25) is 0 Å². The number of hydrogen-bond donors (Lipinski definition) is 0. The standard InChI is InChI=1S/C8H15NO/c1-7(2)9-6-4-3-5-8(9)10/h7H,3-6H2,1-2H3. The molecule has 0 N–H and O–H groups in total. The van der Waals surface area contributed by atoms with Crippen LogP contribution < -0.4 is 0 Å². The minimum absolute atomic E-state index is 0.334. The van der Waals surface area contributed by atoms with Gasteiger partial charge in [-0.05, 0) is 26.7 Å². The summed E-state index contributed by atoms with van der Waals surface area (Å²) in [5, 5.41) is 0. The first-order valence-corrected chi connectivity index (χ1v) is 4.01. The Balaban J connectivity index is 2.48. The van der Waals surface area contributed by atoms with Gasteiger partial charge >= 0.3 is 0 Å². The number of carbonyl (C=O) groups is 1. The fraction of sp³-hybridized carbons (Fsp3) is 0.875.